The van der Waals surface area contributed by atoms with E-state index in [1.807, 2.05) is 6.55 Å². The molecule has 0 atom stereocenters. The molecule has 0 aromatic heterocycles. The summed E-state index contributed by atoms with van der Waals surface area (Å²) in [4.78, 5) is 23.5. The minimum Gasteiger partial charge on any atom is -0.345 e. The Balaban J connectivity index is 5.57. The molecule has 0 radical (unpaired) electrons. The first kappa shape index (κ1) is 16.4. The molecule has 0 fully saturated rings. The van der Waals surface area contributed by atoms with E-state index >= 15 is 0 Å². The van der Waals surface area contributed by atoms with Crippen LogP contribution in [-0.2, 0) is 9.59 Å². The number of hydrogen-bond donors (Lipinski definition) is 0. The minimum atomic E-state index is -2.56. The average molecular weight is 266 g/mol. The van der Waals surface area contributed by atoms with Gasteiger partial charge < -0.3 is 9.13 Å². The van der Waals surface area contributed by atoms with Crippen LogP contribution < -0.4 is 0 Å². The topological polar surface area (TPSA) is 40.6 Å². The van der Waals surface area contributed by atoms with Crippen LogP contribution in [0.5, 0.6) is 0 Å². The smallest absolute Gasteiger partial charge is 0.291 e. The Morgan fingerprint density at radius 3 is 1.50 bits per heavy atom. The molecule has 0 saturated heterocycles. The van der Waals surface area contributed by atoms with Crippen LogP contribution in [0.3, 0.4) is 0 Å². The Bertz CT molecular complexity index is 338. The lowest BCUT2D eigenvalue weighted by atomic mass is 10.6. The van der Waals surface area contributed by atoms with Gasteiger partial charge in [0.1, 0.15) is 0 Å². The van der Waals surface area contributed by atoms with Gasteiger partial charge in [0.2, 0.25) is 11.8 Å². The van der Waals surface area contributed by atoms with E-state index in [2.05, 4.69) is 19.7 Å². The molecule has 2 amide bonds. The summed E-state index contributed by atoms with van der Waals surface area (Å²) in [6, 6.07) is 0. The highest BCUT2D eigenvalue weighted by Gasteiger charge is 2.41. The fourth-order valence-electron chi connectivity index (χ4n) is 1.89. The van der Waals surface area contributed by atoms with E-state index in [1.165, 1.54) is 13.8 Å². The summed E-state index contributed by atoms with van der Waals surface area (Å²) in [7, 11) is -2.56. The predicted octanol–water partition coefficient (Wildman–Crippen LogP) is 1.85. The Kier molecular flexibility index (Phi) is 6.33. The summed E-state index contributed by atoms with van der Waals surface area (Å²) in [6.07, 6.45) is 3.31. The number of rotatable bonds is 7. The Labute approximate surface area is 110 Å². The molecule has 0 unspecified atom stereocenters. The van der Waals surface area contributed by atoms with E-state index in [0.717, 1.165) is 0 Å². The van der Waals surface area contributed by atoms with E-state index in [0.29, 0.717) is 13.1 Å². The molecule has 5 heteroatoms. The molecule has 0 heterocycles. The number of carbonyl (C=O) groups is 2. The molecule has 100 valence electrons. The molecule has 0 spiro atoms. The second-order valence-corrected chi connectivity index (χ2v) is 7.81. The van der Waals surface area contributed by atoms with Crippen molar-refractivity contribution >= 4 is 20.2 Å². The molecule has 0 aromatic carbocycles. The number of nitrogens with zero attached hydrogens (tertiary/aromatic N) is 2. The van der Waals surface area contributed by atoms with Gasteiger partial charge in [-0.2, -0.15) is 0 Å². The predicted molar refractivity (Wildman–Crippen MR) is 77.0 cm³/mol. The van der Waals surface area contributed by atoms with Gasteiger partial charge in [0, 0.05) is 26.9 Å². The van der Waals surface area contributed by atoms with E-state index in [1.54, 1.807) is 27.0 Å². The van der Waals surface area contributed by atoms with Crippen molar-refractivity contribution in [3.8, 4) is 0 Å². The van der Waals surface area contributed by atoms with Crippen LogP contribution in [0.25, 0.3) is 0 Å². The highest BCUT2D eigenvalue weighted by molar-refractivity contribution is 6.81. The van der Waals surface area contributed by atoms with Gasteiger partial charge in [-0.05, 0) is 6.55 Å². The largest absolute Gasteiger partial charge is 0.345 e. The van der Waals surface area contributed by atoms with E-state index in [4.69, 9.17) is 0 Å². The molecule has 0 aliphatic heterocycles. The highest BCUT2D eigenvalue weighted by atomic mass is 28.3. The molecule has 0 aliphatic rings. The van der Waals surface area contributed by atoms with Crippen LogP contribution in [0.1, 0.15) is 13.8 Å². The maximum atomic E-state index is 11.8. The number of hydrogen-bond acceptors (Lipinski definition) is 2. The first-order valence-corrected chi connectivity index (χ1v) is 8.24. The van der Waals surface area contributed by atoms with Crippen molar-refractivity contribution in [1.29, 1.82) is 0 Å². The summed E-state index contributed by atoms with van der Waals surface area (Å²) in [6.45, 7) is 16.8. The van der Waals surface area contributed by atoms with Gasteiger partial charge >= 0.3 is 0 Å². The van der Waals surface area contributed by atoms with Crippen molar-refractivity contribution in [2.24, 2.45) is 0 Å². The fourth-order valence-corrected chi connectivity index (χ4v) is 4.89. The molecule has 0 aliphatic carbocycles. The minimum absolute atomic E-state index is 0.0840. The average Bonchev–Trinajstić information content (AvgIpc) is 2.31. The zero-order valence-corrected chi connectivity index (χ0v) is 12.5. The van der Waals surface area contributed by atoms with Crippen LogP contribution in [0.2, 0.25) is 6.55 Å². The maximum Gasteiger partial charge on any atom is 0.291 e. The third-order valence-corrected chi connectivity index (χ3v) is 6.82. The van der Waals surface area contributed by atoms with Gasteiger partial charge in [-0.25, -0.2) is 0 Å². The molecular weight excluding hydrogens is 244 g/mol. The lowest BCUT2D eigenvalue weighted by Gasteiger charge is -2.43. The molecule has 4 nitrogen and oxygen atoms in total. The quantitative estimate of drug-likeness (QED) is 0.521. The van der Waals surface area contributed by atoms with Gasteiger partial charge in [-0.15, -0.1) is 19.7 Å². The SMILES string of the molecule is C=CCN(C(C)=O)[Si](C)(C=C)N(CC=C)C(C)=O. The first-order chi connectivity index (χ1) is 8.34. The molecule has 18 heavy (non-hydrogen) atoms. The Morgan fingerprint density at radius 2 is 1.33 bits per heavy atom. The zero-order chi connectivity index (χ0) is 14.3. The van der Waals surface area contributed by atoms with Crippen molar-refractivity contribution in [2.75, 3.05) is 13.1 Å². The molecule has 0 N–H and O–H groups in total. The molecule has 0 rings (SSSR count). The van der Waals surface area contributed by atoms with Gasteiger partial charge in [0.05, 0.1) is 0 Å². The fraction of sp³-hybridized carbons (Fsp3) is 0.385. The van der Waals surface area contributed by atoms with Crippen molar-refractivity contribution < 1.29 is 9.59 Å². The van der Waals surface area contributed by atoms with Gasteiger partial charge in [-0.3, -0.25) is 9.59 Å². The summed E-state index contributed by atoms with van der Waals surface area (Å²) in [5.41, 5.74) is 1.72. The summed E-state index contributed by atoms with van der Waals surface area (Å²) < 4.78 is 3.36. The highest BCUT2D eigenvalue weighted by Crippen LogP contribution is 2.18. The van der Waals surface area contributed by atoms with Crippen molar-refractivity contribution in [1.82, 2.24) is 9.13 Å². The summed E-state index contributed by atoms with van der Waals surface area (Å²) in [5.74, 6) is -0.168. The first-order valence-electron chi connectivity index (χ1n) is 5.77. The van der Waals surface area contributed by atoms with Crippen LogP contribution in [0.15, 0.2) is 37.6 Å². The van der Waals surface area contributed by atoms with Gasteiger partial charge in [0.25, 0.3) is 8.40 Å². The molecular formula is C13H22N2O2Si. The van der Waals surface area contributed by atoms with Crippen LogP contribution in [-0.4, -0.2) is 42.4 Å². The second-order valence-electron chi connectivity index (χ2n) is 4.13. The zero-order valence-electron chi connectivity index (χ0n) is 11.5. The second kappa shape index (κ2) is 6.96. The molecule has 0 aromatic rings. The molecule has 0 saturated carbocycles. The van der Waals surface area contributed by atoms with E-state index in [9.17, 15) is 9.59 Å². The normalized spacial score (nSPS) is 10.4. The van der Waals surface area contributed by atoms with Crippen LogP contribution in [0, 0.1) is 0 Å². The Hall–Kier alpha value is -1.62. The van der Waals surface area contributed by atoms with E-state index < -0.39 is 8.40 Å². The maximum absolute atomic E-state index is 11.8. The Morgan fingerprint density at radius 1 is 1.00 bits per heavy atom. The van der Waals surface area contributed by atoms with Crippen molar-refractivity contribution in [3.63, 3.8) is 0 Å². The van der Waals surface area contributed by atoms with Crippen molar-refractivity contribution in [3.05, 3.63) is 37.6 Å². The lowest BCUT2D eigenvalue weighted by molar-refractivity contribution is -0.126. The van der Waals surface area contributed by atoms with E-state index in [-0.39, 0.29) is 11.8 Å². The van der Waals surface area contributed by atoms with Crippen molar-refractivity contribution in [2.45, 2.75) is 20.4 Å². The summed E-state index contributed by atoms with van der Waals surface area (Å²) in [5, 5.41) is 0. The van der Waals surface area contributed by atoms with Gasteiger partial charge in [0.15, 0.2) is 0 Å². The standard InChI is InChI=1S/C13H22N2O2Si/c1-7-10-14(12(4)16)18(6,9-3)15(11-8-2)13(5)17/h7-9H,1-3,10-11H2,4-6H3. The van der Waals surface area contributed by atoms with Crippen LogP contribution >= 0.6 is 0 Å². The van der Waals surface area contributed by atoms with Crippen LogP contribution in [0.4, 0.5) is 0 Å². The summed E-state index contributed by atoms with van der Waals surface area (Å²) >= 11 is 0. The lowest BCUT2D eigenvalue weighted by Crippen LogP contribution is -2.65. The van der Waals surface area contributed by atoms with Gasteiger partial charge in [-0.1, -0.05) is 17.9 Å². The monoisotopic (exact) mass is 266 g/mol. The third kappa shape index (κ3) is 3.43. The number of amides is 2. The number of carbonyl (C=O) groups excluding carboxylic acids is 2. The molecule has 0 bridgehead atoms. The third-order valence-electron chi connectivity index (χ3n) is 2.86.